The lowest BCUT2D eigenvalue weighted by atomic mass is 10.1. The Morgan fingerprint density at radius 2 is 1.96 bits per heavy atom. The van der Waals surface area contributed by atoms with E-state index in [2.05, 4.69) is 16.7 Å². The standard InChI is InChI=1S/C20H17Cl2N3O2/c1-3-10-25(20(26)16-9-8-15(21)11-17(16)22)12-18-23-19(24-27-18)14-6-4-13(2)5-7-14/h3-9,11H,1,10,12H2,2H3. The number of hydrogen-bond donors (Lipinski definition) is 0. The summed E-state index contributed by atoms with van der Waals surface area (Å²) < 4.78 is 5.32. The number of nitrogens with zero attached hydrogens (tertiary/aromatic N) is 3. The maximum absolute atomic E-state index is 12.8. The molecule has 3 aromatic rings. The van der Waals surface area contributed by atoms with Crippen LogP contribution in [0.3, 0.4) is 0 Å². The van der Waals surface area contributed by atoms with Crippen molar-refractivity contribution in [1.82, 2.24) is 15.0 Å². The zero-order valence-corrected chi connectivity index (χ0v) is 16.2. The Morgan fingerprint density at radius 1 is 1.22 bits per heavy atom. The van der Waals surface area contributed by atoms with Gasteiger partial charge in [0.25, 0.3) is 5.91 Å². The molecule has 1 amide bonds. The summed E-state index contributed by atoms with van der Waals surface area (Å²) >= 11 is 12.1. The molecule has 2 aromatic carbocycles. The maximum atomic E-state index is 12.8. The molecule has 0 saturated carbocycles. The van der Waals surface area contributed by atoms with Gasteiger partial charge in [-0.15, -0.1) is 6.58 Å². The lowest BCUT2D eigenvalue weighted by Gasteiger charge is -2.19. The normalized spacial score (nSPS) is 10.6. The van der Waals surface area contributed by atoms with Crippen LogP contribution in [-0.2, 0) is 6.54 Å². The van der Waals surface area contributed by atoms with E-state index in [1.807, 2.05) is 31.2 Å². The van der Waals surface area contributed by atoms with Crippen LogP contribution >= 0.6 is 23.2 Å². The maximum Gasteiger partial charge on any atom is 0.256 e. The summed E-state index contributed by atoms with van der Waals surface area (Å²) in [5.74, 6) is 0.526. The second kappa shape index (κ2) is 8.37. The highest BCUT2D eigenvalue weighted by atomic mass is 35.5. The van der Waals surface area contributed by atoms with Gasteiger partial charge in [0.05, 0.1) is 10.6 Å². The summed E-state index contributed by atoms with van der Waals surface area (Å²) in [4.78, 5) is 18.8. The van der Waals surface area contributed by atoms with Gasteiger partial charge in [0.1, 0.15) is 6.54 Å². The van der Waals surface area contributed by atoms with E-state index in [1.54, 1.807) is 18.2 Å². The summed E-state index contributed by atoms with van der Waals surface area (Å²) in [5.41, 5.74) is 2.34. The lowest BCUT2D eigenvalue weighted by molar-refractivity contribution is 0.0745. The molecule has 5 nitrogen and oxygen atoms in total. The minimum atomic E-state index is -0.272. The molecule has 3 rings (SSSR count). The van der Waals surface area contributed by atoms with Crippen molar-refractivity contribution in [1.29, 1.82) is 0 Å². The highest BCUT2D eigenvalue weighted by Crippen LogP contribution is 2.23. The molecule has 0 spiro atoms. The molecule has 0 aliphatic rings. The summed E-state index contributed by atoms with van der Waals surface area (Å²) in [7, 11) is 0. The topological polar surface area (TPSA) is 59.2 Å². The van der Waals surface area contributed by atoms with Crippen LogP contribution in [0.1, 0.15) is 21.8 Å². The van der Waals surface area contributed by atoms with Gasteiger partial charge in [-0.05, 0) is 25.1 Å². The number of hydrogen-bond acceptors (Lipinski definition) is 4. The van der Waals surface area contributed by atoms with Crippen molar-refractivity contribution in [3.63, 3.8) is 0 Å². The van der Waals surface area contributed by atoms with Crippen molar-refractivity contribution in [3.8, 4) is 11.4 Å². The van der Waals surface area contributed by atoms with E-state index in [0.29, 0.717) is 28.8 Å². The lowest BCUT2D eigenvalue weighted by Crippen LogP contribution is -2.31. The van der Waals surface area contributed by atoms with Gasteiger partial charge < -0.3 is 9.42 Å². The molecule has 0 fully saturated rings. The van der Waals surface area contributed by atoms with E-state index < -0.39 is 0 Å². The fraction of sp³-hybridized carbons (Fsp3) is 0.150. The fourth-order valence-corrected chi connectivity index (χ4v) is 3.00. The van der Waals surface area contributed by atoms with Crippen molar-refractivity contribution in [3.05, 3.63) is 82.2 Å². The first-order valence-corrected chi connectivity index (χ1v) is 8.98. The first-order chi connectivity index (χ1) is 13.0. The Hall–Kier alpha value is -2.63. The number of aryl methyl sites for hydroxylation is 1. The minimum absolute atomic E-state index is 0.142. The number of carbonyl (C=O) groups is 1. The van der Waals surface area contributed by atoms with E-state index in [9.17, 15) is 4.79 Å². The van der Waals surface area contributed by atoms with E-state index in [1.165, 1.54) is 11.0 Å². The summed E-state index contributed by atoms with van der Waals surface area (Å²) in [6.07, 6.45) is 1.62. The van der Waals surface area contributed by atoms with Gasteiger partial charge in [0.2, 0.25) is 11.7 Å². The number of halogens is 2. The Bertz CT molecular complexity index is 968. The Balaban J connectivity index is 1.81. The van der Waals surface area contributed by atoms with Crippen molar-refractivity contribution in [2.75, 3.05) is 6.54 Å². The van der Waals surface area contributed by atoms with Gasteiger partial charge in [-0.25, -0.2) is 0 Å². The van der Waals surface area contributed by atoms with Gasteiger partial charge in [-0.3, -0.25) is 4.79 Å². The molecule has 0 unspecified atom stereocenters. The second-order valence-corrected chi connectivity index (χ2v) is 6.82. The molecule has 1 aromatic heterocycles. The van der Waals surface area contributed by atoms with E-state index in [4.69, 9.17) is 27.7 Å². The van der Waals surface area contributed by atoms with Gasteiger partial charge in [0.15, 0.2) is 0 Å². The molecule has 0 N–H and O–H groups in total. The van der Waals surface area contributed by atoms with Crippen molar-refractivity contribution in [2.24, 2.45) is 0 Å². The zero-order chi connectivity index (χ0) is 19.4. The molecule has 0 saturated heterocycles. The average Bonchev–Trinajstić information content (AvgIpc) is 3.10. The predicted molar refractivity (Wildman–Crippen MR) is 106 cm³/mol. The van der Waals surface area contributed by atoms with Crippen LogP contribution in [0.15, 0.2) is 59.6 Å². The third-order valence-corrected chi connectivity index (χ3v) is 4.45. The van der Waals surface area contributed by atoms with Gasteiger partial charge >= 0.3 is 0 Å². The number of benzene rings is 2. The summed E-state index contributed by atoms with van der Waals surface area (Å²) in [6, 6.07) is 12.5. The van der Waals surface area contributed by atoms with E-state index in [0.717, 1.165) is 11.1 Å². The molecular weight excluding hydrogens is 385 g/mol. The Morgan fingerprint density at radius 3 is 2.63 bits per heavy atom. The molecule has 138 valence electrons. The summed E-state index contributed by atoms with van der Waals surface area (Å²) in [5, 5.41) is 4.75. The molecule has 0 aliphatic heterocycles. The molecule has 1 heterocycles. The molecule has 0 bridgehead atoms. The van der Waals surface area contributed by atoms with Crippen LogP contribution in [0, 0.1) is 6.92 Å². The van der Waals surface area contributed by atoms with E-state index >= 15 is 0 Å². The minimum Gasteiger partial charge on any atom is -0.337 e. The third-order valence-electron chi connectivity index (χ3n) is 3.90. The molecular formula is C20H17Cl2N3O2. The van der Waals surface area contributed by atoms with Crippen molar-refractivity contribution < 1.29 is 9.32 Å². The largest absolute Gasteiger partial charge is 0.337 e. The van der Waals surface area contributed by atoms with Crippen LogP contribution < -0.4 is 0 Å². The van der Waals surface area contributed by atoms with Gasteiger partial charge in [-0.2, -0.15) is 4.98 Å². The van der Waals surface area contributed by atoms with Crippen LogP contribution in [0.5, 0.6) is 0 Å². The van der Waals surface area contributed by atoms with Crippen LogP contribution in [0.2, 0.25) is 10.0 Å². The quantitative estimate of drug-likeness (QED) is 0.533. The first kappa shape index (κ1) is 19.1. The smallest absolute Gasteiger partial charge is 0.256 e. The monoisotopic (exact) mass is 401 g/mol. The predicted octanol–water partition coefficient (Wildman–Crippen LogP) is 5.18. The zero-order valence-electron chi connectivity index (χ0n) is 14.7. The van der Waals surface area contributed by atoms with Crippen LogP contribution in [-0.4, -0.2) is 27.5 Å². The molecule has 7 heteroatoms. The first-order valence-electron chi connectivity index (χ1n) is 8.23. The van der Waals surface area contributed by atoms with Crippen molar-refractivity contribution in [2.45, 2.75) is 13.5 Å². The fourth-order valence-electron chi connectivity index (χ4n) is 2.51. The summed E-state index contributed by atoms with van der Waals surface area (Å²) in [6.45, 7) is 6.15. The molecule has 0 aliphatic carbocycles. The van der Waals surface area contributed by atoms with Crippen LogP contribution in [0.25, 0.3) is 11.4 Å². The van der Waals surface area contributed by atoms with Gasteiger partial charge in [-0.1, -0.05) is 64.3 Å². The highest BCUT2D eigenvalue weighted by Gasteiger charge is 2.21. The van der Waals surface area contributed by atoms with Crippen molar-refractivity contribution >= 4 is 29.1 Å². The van der Waals surface area contributed by atoms with Crippen LogP contribution in [0.4, 0.5) is 0 Å². The number of carbonyl (C=O) groups excluding carboxylic acids is 1. The van der Waals surface area contributed by atoms with Gasteiger partial charge in [0, 0.05) is 17.1 Å². The van der Waals surface area contributed by atoms with E-state index in [-0.39, 0.29) is 17.5 Å². The second-order valence-electron chi connectivity index (χ2n) is 5.98. The Labute approximate surface area is 167 Å². The third kappa shape index (κ3) is 4.56. The molecule has 0 radical (unpaired) electrons. The number of aromatic nitrogens is 2. The Kier molecular flexibility index (Phi) is 5.94. The average molecular weight is 402 g/mol. The number of amides is 1. The SMILES string of the molecule is C=CCN(Cc1nc(-c2ccc(C)cc2)no1)C(=O)c1ccc(Cl)cc1Cl. The highest BCUT2D eigenvalue weighted by molar-refractivity contribution is 6.36. The molecule has 0 atom stereocenters. The number of rotatable bonds is 6. The molecule has 27 heavy (non-hydrogen) atoms.